The van der Waals surface area contributed by atoms with Crippen LogP contribution < -0.4 is 19.7 Å². The van der Waals surface area contributed by atoms with Crippen LogP contribution in [0.25, 0.3) is 0 Å². The van der Waals surface area contributed by atoms with E-state index in [2.05, 4.69) is 18.3 Å². The molecule has 0 unspecified atom stereocenters. The topological polar surface area (TPSA) is 216 Å². The molecule has 0 aliphatic carbocycles. The molecule has 2 aromatic rings. The Morgan fingerprint density at radius 3 is 1.35 bits per heavy atom. The summed E-state index contributed by atoms with van der Waals surface area (Å²) in [5.74, 6) is -0.148. The molecule has 13 heteroatoms. The van der Waals surface area contributed by atoms with Gasteiger partial charge in [-0.05, 0) is 12.1 Å². The van der Waals surface area contributed by atoms with E-state index in [1.165, 1.54) is 36.8 Å². The second-order valence-electron chi connectivity index (χ2n) is 2.57. The predicted molar refractivity (Wildman–Crippen MR) is 62.7 cm³/mol. The van der Waals surface area contributed by atoms with Crippen LogP contribution in [0.5, 0.6) is 11.9 Å². The zero-order valence-electron chi connectivity index (χ0n) is 11.5. The van der Waals surface area contributed by atoms with Crippen molar-refractivity contribution in [2.45, 2.75) is 0 Å². The normalized spacial score (nSPS) is 6.96. The van der Waals surface area contributed by atoms with Gasteiger partial charge in [0.1, 0.15) is 0 Å². The van der Waals surface area contributed by atoms with Gasteiger partial charge in [0.2, 0.25) is 11.9 Å². The summed E-state index contributed by atoms with van der Waals surface area (Å²) in [6.45, 7) is 0. The Balaban J connectivity index is -0.0000000771. The molecule has 0 radical (unpaired) electrons. The summed E-state index contributed by atoms with van der Waals surface area (Å²) in [7, 11) is 0. The van der Waals surface area contributed by atoms with Crippen LogP contribution in [-0.2, 0) is 19.5 Å². The summed E-state index contributed by atoms with van der Waals surface area (Å²) in [5.41, 5.74) is 0. The number of carbonyl (C=O) groups is 2. The SMILES string of the molecule is O.O=C([O-])Oc1ccco1.O=C([O-])Oc1ccco1.[Ca+2].[OH-].[OH-].[Zn+2]. The largest absolute Gasteiger partial charge is 2.00 e. The third-order valence-corrected chi connectivity index (χ3v) is 1.36. The van der Waals surface area contributed by atoms with Gasteiger partial charge in [0, 0.05) is 12.1 Å². The fourth-order valence-corrected chi connectivity index (χ4v) is 0.807. The second-order valence-corrected chi connectivity index (χ2v) is 2.57. The van der Waals surface area contributed by atoms with E-state index in [0.29, 0.717) is 0 Å². The van der Waals surface area contributed by atoms with Gasteiger partial charge in [-0.1, -0.05) is 0 Å². The first-order valence-corrected chi connectivity index (χ1v) is 4.42. The van der Waals surface area contributed by atoms with E-state index >= 15 is 0 Å². The zero-order chi connectivity index (χ0) is 13.4. The van der Waals surface area contributed by atoms with Gasteiger partial charge in [0.05, 0.1) is 12.5 Å². The summed E-state index contributed by atoms with van der Waals surface area (Å²) in [5, 5.41) is 19.3. The molecule has 120 valence electrons. The third kappa shape index (κ3) is 17.1. The van der Waals surface area contributed by atoms with Gasteiger partial charge in [-0.3, -0.25) is 0 Å². The number of hydrogen-bond acceptors (Lipinski definition) is 10. The quantitative estimate of drug-likeness (QED) is 0.408. The van der Waals surface area contributed by atoms with Gasteiger partial charge in [-0.15, -0.1) is 0 Å². The Bertz CT molecular complexity index is 439. The van der Waals surface area contributed by atoms with Crippen LogP contribution >= 0.6 is 0 Å². The minimum atomic E-state index is -1.62. The van der Waals surface area contributed by atoms with E-state index < -0.39 is 12.3 Å². The standard InChI is InChI=1S/2C5H4O4.Ca.3H2O.Zn/c2*6-5(7)9-4-2-1-3-8-4;;;;;/h2*1-3H,(H,6,7);;3*1H2;/q;;+2;;;;+2/p-4. The van der Waals surface area contributed by atoms with Crippen LogP contribution in [0.3, 0.4) is 0 Å². The average Bonchev–Trinajstić information content (AvgIpc) is 2.90. The van der Waals surface area contributed by atoms with E-state index in [1.807, 2.05) is 0 Å². The minimum absolute atomic E-state index is 0. The number of furan rings is 2. The van der Waals surface area contributed by atoms with E-state index in [-0.39, 0.29) is 85.5 Å². The maximum absolute atomic E-state index is 9.67. The first-order valence-electron chi connectivity index (χ1n) is 4.42. The molecule has 4 N–H and O–H groups in total. The molecule has 11 nitrogen and oxygen atoms in total. The number of carboxylic acid groups (broad SMARTS) is 2. The first-order chi connectivity index (χ1) is 8.58. The van der Waals surface area contributed by atoms with Crippen molar-refractivity contribution >= 4 is 50.0 Å². The monoisotopic (exact) mass is 410 g/mol. The molecule has 2 heterocycles. The number of ether oxygens (including phenoxy) is 2. The molecule has 0 bridgehead atoms. The smallest absolute Gasteiger partial charge is 0.870 e. The fraction of sp³-hybridized carbons (Fsp3) is 0. The molecule has 0 atom stereocenters. The molecule has 0 saturated carbocycles. The van der Waals surface area contributed by atoms with Gasteiger partial charge in [-0.2, -0.15) is 0 Å². The predicted octanol–water partition coefficient (Wildman–Crippen LogP) is -1.56. The van der Waals surface area contributed by atoms with Gasteiger partial charge < -0.3 is 54.5 Å². The molecule has 0 saturated heterocycles. The van der Waals surface area contributed by atoms with Crippen LogP contribution in [0.15, 0.2) is 45.6 Å². The van der Waals surface area contributed by atoms with Crippen LogP contribution in [0, 0.1) is 0 Å². The Morgan fingerprint density at radius 1 is 0.870 bits per heavy atom. The molecule has 0 amide bonds. The van der Waals surface area contributed by atoms with E-state index in [4.69, 9.17) is 0 Å². The van der Waals surface area contributed by atoms with Gasteiger partial charge >= 0.3 is 57.2 Å². The van der Waals surface area contributed by atoms with Gasteiger partial charge in [-0.25, -0.2) is 0 Å². The second kappa shape index (κ2) is 18.9. The molecule has 2 rings (SSSR count). The molecular formula is C10H10CaO11Zn. The van der Waals surface area contributed by atoms with Crippen molar-refractivity contribution < 1.29 is 74.0 Å². The van der Waals surface area contributed by atoms with Crippen molar-refractivity contribution in [1.29, 1.82) is 0 Å². The van der Waals surface area contributed by atoms with Crippen LogP contribution in [0.4, 0.5) is 9.59 Å². The molecular weight excluding hydrogens is 402 g/mol. The van der Waals surface area contributed by atoms with Crippen molar-refractivity contribution in [3.63, 3.8) is 0 Å². The molecule has 0 fully saturated rings. The maximum Gasteiger partial charge on any atom is 2.00 e. The van der Waals surface area contributed by atoms with Crippen molar-refractivity contribution in [3.05, 3.63) is 36.8 Å². The summed E-state index contributed by atoms with van der Waals surface area (Å²) < 4.78 is 17.0. The average molecular weight is 412 g/mol. The zero-order valence-corrected chi connectivity index (χ0v) is 16.7. The van der Waals surface area contributed by atoms with Crippen molar-refractivity contribution in [3.8, 4) is 11.9 Å². The molecule has 23 heavy (non-hydrogen) atoms. The van der Waals surface area contributed by atoms with E-state index in [1.54, 1.807) is 0 Å². The number of hydrogen-bond donors (Lipinski definition) is 0. The Labute approximate surface area is 171 Å². The van der Waals surface area contributed by atoms with Crippen LogP contribution in [0.1, 0.15) is 0 Å². The maximum atomic E-state index is 9.67. The first kappa shape index (κ1) is 33.5. The minimum Gasteiger partial charge on any atom is -0.870 e. The number of rotatable bonds is 2. The van der Waals surface area contributed by atoms with E-state index in [0.717, 1.165) is 0 Å². The van der Waals surface area contributed by atoms with E-state index in [9.17, 15) is 19.8 Å². The van der Waals surface area contributed by atoms with Crippen molar-refractivity contribution in [1.82, 2.24) is 0 Å². The van der Waals surface area contributed by atoms with Crippen LogP contribution in [0.2, 0.25) is 0 Å². The Hall–Kier alpha value is -1.14. The third-order valence-electron chi connectivity index (χ3n) is 1.36. The summed E-state index contributed by atoms with van der Waals surface area (Å²) in [4.78, 5) is 19.3. The number of carbonyl (C=O) groups excluding carboxylic acids is 2. The fourth-order valence-electron chi connectivity index (χ4n) is 0.807. The van der Waals surface area contributed by atoms with Crippen molar-refractivity contribution in [2.24, 2.45) is 0 Å². The van der Waals surface area contributed by atoms with Gasteiger partial charge in [0.15, 0.2) is 0 Å². The van der Waals surface area contributed by atoms with Crippen LogP contribution in [-0.4, -0.2) is 66.5 Å². The van der Waals surface area contributed by atoms with Crippen molar-refractivity contribution in [2.75, 3.05) is 0 Å². The Morgan fingerprint density at radius 2 is 1.17 bits per heavy atom. The summed E-state index contributed by atoms with van der Waals surface area (Å²) >= 11 is 0. The molecule has 0 spiro atoms. The molecule has 0 aliphatic heterocycles. The van der Waals surface area contributed by atoms with Gasteiger partial charge in [0.25, 0.3) is 12.3 Å². The molecule has 0 aromatic carbocycles. The summed E-state index contributed by atoms with van der Waals surface area (Å²) in [6, 6.07) is 5.77. The Kier molecular flexibility index (Phi) is 27.5. The summed E-state index contributed by atoms with van der Waals surface area (Å²) in [6.07, 6.45) is -0.633. The molecule has 2 aromatic heterocycles. The molecule has 0 aliphatic rings.